The highest BCUT2D eigenvalue weighted by Crippen LogP contribution is 2.38. The third-order valence-corrected chi connectivity index (χ3v) is 9.94. The molecular formula is C26H26ClN3O5S2. The van der Waals surface area contributed by atoms with Crippen LogP contribution >= 0.6 is 22.9 Å². The standard InChI is InChI=1S/C26H26ClN3O5S2/c1-17-5-10-22(34-2)23-24(17)36-26(28-23)30(16-20-4-3-15-35-20)25(31)18-11-13-29(14-12-18)37(32,33)21-8-6-19(27)7-9-21/h3-10,15,18H,11-14,16H2,1-2H3. The second kappa shape index (κ2) is 10.4. The molecule has 37 heavy (non-hydrogen) atoms. The summed E-state index contributed by atoms with van der Waals surface area (Å²) in [5, 5.41) is 1.03. The summed E-state index contributed by atoms with van der Waals surface area (Å²) in [4.78, 5) is 20.5. The molecule has 0 unspecified atom stereocenters. The number of hydrogen-bond acceptors (Lipinski definition) is 7. The fourth-order valence-corrected chi connectivity index (χ4v) is 7.15. The Morgan fingerprint density at radius 3 is 2.57 bits per heavy atom. The van der Waals surface area contributed by atoms with Crippen LogP contribution in [-0.4, -0.2) is 43.8 Å². The van der Waals surface area contributed by atoms with Crippen LogP contribution in [0, 0.1) is 12.8 Å². The molecule has 0 radical (unpaired) electrons. The maximum absolute atomic E-state index is 13.8. The monoisotopic (exact) mass is 559 g/mol. The highest BCUT2D eigenvalue weighted by atomic mass is 35.5. The van der Waals surface area contributed by atoms with Crippen molar-refractivity contribution in [1.29, 1.82) is 0 Å². The molecule has 2 aromatic heterocycles. The van der Waals surface area contributed by atoms with Gasteiger partial charge in [0.05, 0.1) is 29.5 Å². The lowest BCUT2D eigenvalue weighted by atomic mass is 9.96. The van der Waals surface area contributed by atoms with Crippen LogP contribution in [-0.2, 0) is 21.4 Å². The minimum Gasteiger partial charge on any atom is -0.494 e. The fraction of sp³-hybridized carbons (Fsp3) is 0.308. The molecule has 0 saturated carbocycles. The van der Waals surface area contributed by atoms with E-state index in [1.807, 2.05) is 25.1 Å². The first kappa shape index (κ1) is 25.7. The Labute approximate surface area is 224 Å². The van der Waals surface area contributed by atoms with Crippen molar-refractivity contribution in [3.05, 3.63) is 71.1 Å². The number of thiazole rings is 1. The lowest BCUT2D eigenvalue weighted by Gasteiger charge is -2.32. The molecule has 4 aromatic rings. The number of piperidine rings is 1. The van der Waals surface area contributed by atoms with Gasteiger partial charge in [-0.05, 0) is 67.8 Å². The molecule has 0 aliphatic carbocycles. The Kier molecular flexibility index (Phi) is 7.26. The molecule has 3 heterocycles. The lowest BCUT2D eigenvalue weighted by molar-refractivity contribution is -0.123. The number of rotatable bonds is 7. The zero-order chi connectivity index (χ0) is 26.2. The SMILES string of the molecule is COc1ccc(C)c2sc(N(Cc3ccco3)C(=O)C3CCN(S(=O)(=O)c4ccc(Cl)cc4)CC3)nc12. The third kappa shape index (κ3) is 5.11. The normalized spacial score (nSPS) is 15.2. The first-order valence-electron chi connectivity index (χ1n) is 11.8. The number of methoxy groups -OCH3 is 1. The minimum absolute atomic E-state index is 0.101. The van der Waals surface area contributed by atoms with Crippen LogP contribution < -0.4 is 9.64 Å². The molecule has 194 valence electrons. The second-order valence-corrected chi connectivity index (χ2v) is 12.2. The molecule has 8 nitrogen and oxygen atoms in total. The van der Waals surface area contributed by atoms with Crippen molar-refractivity contribution < 1.29 is 22.4 Å². The molecule has 1 aliphatic heterocycles. The van der Waals surface area contributed by atoms with Gasteiger partial charge in [0.1, 0.15) is 17.0 Å². The topological polar surface area (TPSA) is 93.0 Å². The highest BCUT2D eigenvalue weighted by molar-refractivity contribution is 7.89. The summed E-state index contributed by atoms with van der Waals surface area (Å²) in [5.41, 5.74) is 1.76. The predicted molar refractivity (Wildman–Crippen MR) is 144 cm³/mol. The van der Waals surface area contributed by atoms with Gasteiger partial charge in [-0.15, -0.1) is 0 Å². The maximum atomic E-state index is 13.8. The molecule has 5 rings (SSSR count). The van der Waals surface area contributed by atoms with E-state index in [2.05, 4.69) is 0 Å². The van der Waals surface area contributed by atoms with Crippen molar-refractivity contribution in [3.8, 4) is 5.75 Å². The predicted octanol–water partition coefficient (Wildman–Crippen LogP) is 5.49. The number of carbonyl (C=O) groups is 1. The molecule has 2 aromatic carbocycles. The zero-order valence-electron chi connectivity index (χ0n) is 20.4. The number of nitrogens with zero attached hydrogens (tertiary/aromatic N) is 3. The number of aryl methyl sites for hydroxylation is 1. The molecule has 11 heteroatoms. The summed E-state index contributed by atoms with van der Waals surface area (Å²) in [7, 11) is -2.06. The molecule has 0 bridgehead atoms. The Morgan fingerprint density at radius 2 is 1.92 bits per heavy atom. The number of halogens is 1. The molecule has 0 N–H and O–H groups in total. The van der Waals surface area contributed by atoms with Gasteiger partial charge in [0, 0.05) is 24.0 Å². The largest absolute Gasteiger partial charge is 0.494 e. The van der Waals surface area contributed by atoms with Crippen molar-refractivity contribution in [2.45, 2.75) is 31.2 Å². The smallest absolute Gasteiger partial charge is 0.243 e. The van der Waals surface area contributed by atoms with Crippen molar-refractivity contribution in [2.24, 2.45) is 5.92 Å². The Balaban J connectivity index is 1.39. The summed E-state index contributed by atoms with van der Waals surface area (Å²) in [5.74, 6) is 0.838. The Bertz CT molecular complexity index is 1510. The number of carbonyl (C=O) groups excluding carboxylic acids is 1. The van der Waals surface area contributed by atoms with Crippen LogP contribution in [0.2, 0.25) is 5.02 Å². The highest BCUT2D eigenvalue weighted by Gasteiger charge is 2.35. The number of hydrogen-bond donors (Lipinski definition) is 0. The van der Waals surface area contributed by atoms with Gasteiger partial charge in [0.25, 0.3) is 0 Å². The quantitative estimate of drug-likeness (QED) is 0.297. The van der Waals surface area contributed by atoms with Gasteiger partial charge in [0.2, 0.25) is 15.9 Å². The Morgan fingerprint density at radius 1 is 1.19 bits per heavy atom. The minimum atomic E-state index is -3.66. The first-order chi connectivity index (χ1) is 17.8. The van der Waals surface area contributed by atoms with E-state index in [1.165, 1.54) is 27.8 Å². The van der Waals surface area contributed by atoms with Gasteiger partial charge >= 0.3 is 0 Å². The zero-order valence-corrected chi connectivity index (χ0v) is 22.8. The molecular weight excluding hydrogens is 534 g/mol. The van der Waals surface area contributed by atoms with Gasteiger partial charge in [0.15, 0.2) is 5.13 Å². The third-order valence-electron chi connectivity index (χ3n) is 6.56. The summed E-state index contributed by atoms with van der Waals surface area (Å²) in [6.07, 6.45) is 2.39. The molecule has 1 amide bonds. The molecule has 0 spiro atoms. The van der Waals surface area contributed by atoms with Crippen LogP contribution in [0.3, 0.4) is 0 Å². The van der Waals surface area contributed by atoms with E-state index < -0.39 is 10.0 Å². The number of furan rings is 1. The van der Waals surface area contributed by atoms with Gasteiger partial charge in [-0.2, -0.15) is 4.31 Å². The average Bonchev–Trinajstić information content (AvgIpc) is 3.58. The number of ether oxygens (including phenoxy) is 1. The van der Waals surface area contributed by atoms with Crippen molar-refractivity contribution >= 4 is 54.2 Å². The Hall–Kier alpha value is -2.92. The van der Waals surface area contributed by atoms with E-state index >= 15 is 0 Å². The summed E-state index contributed by atoms with van der Waals surface area (Å²) in [6, 6.07) is 13.6. The van der Waals surface area contributed by atoms with Crippen molar-refractivity contribution in [1.82, 2.24) is 9.29 Å². The van der Waals surface area contributed by atoms with E-state index in [0.29, 0.717) is 40.0 Å². The molecule has 0 atom stereocenters. The van der Waals surface area contributed by atoms with E-state index in [0.717, 1.165) is 10.3 Å². The van der Waals surface area contributed by atoms with Crippen molar-refractivity contribution in [3.63, 3.8) is 0 Å². The number of anilines is 1. The van der Waals surface area contributed by atoms with E-state index in [4.69, 9.17) is 25.7 Å². The van der Waals surface area contributed by atoms with Crippen LogP contribution in [0.1, 0.15) is 24.2 Å². The van der Waals surface area contributed by atoms with E-state index in [-0.39, 0.29) is 36.4 Å². The lowest BCUT2D eigenvalue weighted by Crippen LogP contribution is -2.44. The molecule has 1 fully saturated rings. The van der Waals surface area contributed by atoms with Crippen molar-refractivity contribution in [2.75, 3.05) is 25.1 Å². The van der Waals surface area contributed by atoms with E-state index in [1.54, 1.807) is 36.5 Å². The molecule has 1 saturated heterocycles. The average molecular weight is 560 g/mol. The molecule has 1 aliphatic rings. The van der Waals surface area contributed by atoms with Gasteiger partial charge < -0.3 is 9.15 Å². The van der Waals surface area contributed by atoms with Gasteiger partial charge in [-0.25, -0.2) is 13.4 Å². The maximum Gasteiger partial charge on any atom is 0.243 e. The number of aromatic nitrogens is 1. The number of sulfonamides is 1. The summed E-state index contributed by atoms with van der Waals surface area (Å²) < 4.78 is 39.6. The number of fused-ring (bicyclic) bond motifs is 1. The van der Waals surface area contributed by atoms with E-state index in [9.17, 15) is 13.2 Å². The van der Waals surface area contributed by atoms with Gasteiger partial charge in [-0.3, -0.25) is 9.69 Å². The fourth-order valence-electron chi connectivity index (χ4n) is 4.50. The number of amides is 1. The summed E-state index contributed by atoms with van der Waals surface area (Å²) in [6.45, 7) is 2.74. The van der Waals surface area contributed by atoms with Crippen LogP contribution in [0.25, 0.3) is 10.2 Å². The summed E-state index contributed by atoms with van der Waals surface area (Å²) >= 11 is 7.35. The van der Waals surface area contributed by atoms with Crippen LogP contribution in [0.15, 0.2) is 64.1 Å². The van der Waals surface area contributed by atoms with Crippen LogP contribution in [0.4, 0.5) is 5.13 Å². The number of benzene rings is 2. The van der Waals surface area contributed by atoms with Gasteiger partial charge in [-0.1, -0.05) is 29.0 Å². The van der Waals surface area contributed by atoms with Crippen LogP contribution in [0.5, 0.6) is 5.75 Å². The first-order valence-corrected chi connectivity index (χ1v) is 14.4. The second-order valence-electron chi connectivity index (χ2n) is 8.89.